The molecule has 0 aliphatic rings. The highest BCUT2D eigenvalue weighted by Gasteiger charge is 2.20. The number of aromatic nitrogens is 1. The second-order valence-corrected chi connectivity index (χ2v) is 7.27. The Morgan fingerprint density at radius 3 is 2.48 bits per heavy atom. The number of benzene rings is 3. The quantitative estimate of drug-likeness (QED) is 0.429. The van der Waals surface area contributed by atoms with Crippen molar-refractivity contribution in [2.24, 2.45) is 5.73 Å². The number of ether oxygens (including phenoxy) is 1. The molecule has 0 fully saturated rings. The first-order chi connectivity index (χ1) is 15.1. The van der Waals surface area contributed by atoms with Gasteiger partial charge in [0, 0.05) is 40.7 Å². The summed E-state index contributed by atoms with van der Waals surface area (Å²) < 4.78 is 5.28. The minimum absolute atomic E-state index is 0.0784. The number of nitrogens with one attached hydrogen (secondary N) is 2. The Balaban J connectivity index is 1.64. The summed E-state index contributed by atoms with van der Waals surface area (Å²) in [7, 11) is 1.63. The minimum atomic E-state index is -0.565. The summed E-state index contributed by atoms with van der Waals surface area (Å²) in [5.41, 5.74) is 9.21. The summed E-state index contributed by atoms with van der Waals surface area (Å²) in [6.07, 6.45) is 1.99. The van der Waals surface area contributed by atoms with Gasteiger partial charge in [-0.2, -0.15) is 0 Å². The highest BCUT2D eigenvalue weighted by atomic mass is 16.5. The Bertz CT molecular complexity index is 1230. The average Bonchev–Trinajstić information content (AvgIpc) is 3.23. The van der Waals surface area contributed by atoms with Gasteiger partial charge >= 0.3 is 0 Å². The zero-order valence-corrected chi connectivity index (χ0v) is 17.1. The van der Waals surface area contributed by atoms with Crippen LogP contribution in [-0.4, -0.2) is 30.5 Å². The first-order valence-corrected chi connectivity index (χ1v) is 9.95. The molecule has 3 aromatic carbocycles. The van der Waals surface area contributed by atoms with Crippen molar-refractivity contribution in [1.82, 2.24) is 10.3 Å². The number of aromatic amines is 1. The lowest BCUT2D eigenvalue weighted by atomic mass is 9.90. The van der Waals surface area contributed by atoms with E-state index in [1.54, 1.807) is 25.3 Å². The molecule has 156 valence electrons. The fourth-order valence-corrected chi connectivity index (χ4v) is 3.74. The summed E-state index contributed by atoms with van der Waals surface area (Å²) >= 11 is 0. The number of carbonyl (C=O) groups is 2. The van der Waals surface area contributed by atoms with E-state index in [4.69, 9.17) is 10.5 Å². The number of fused-ring (bicyclic) bond motifs is 1. The van der Waals surface area contributed by atoms with Crippen LogP contribution in [0, 0.1) is 0 Å². The van der Waals surface area contributed by atoms with E-state index in [2.05, 4.69) is 16.4 Å². The largest absolute Gasteiger partial charge is 0.497 e. The fraction of sp³-hybridized carbons (Fsp3) is 0.120. The number of para-hydroxylation sites is 1. The molecular formula is C25H23N3O3. The third kappa shape index (κ3) is 4.28. The average molecular weight is 413 g/mol. The van der Waals surface area contributed by atoms with E-state index in [1.807, 2.05) is 48.7 Å². The molecule has 6 heteroatoms. The van der Waals surface area contributed by atoms with E-state index in [1.165, 1.54) is 6.07 Å². The minimum Gasteiger partial charge on any atom is -0.497 e. The molecule has 0 spiro atoms. The maximum Gasteiger partial charge on any atom is 0.251 e. The monoisotopic (exact) mass is 413 g/mol. The lowest BCUT2D eigenvalue weighted by Gasteiger charge is -2.19. The molecule has 1 aromatic heterocycles. The number of nitrogens with two attached hydrogens (primary N) is 1. The van der Waals surface area contributed by atoms with Gasteiger partial charge in [0.25, 0.3) is 5.91 Å². The third-order valence-electron chi connectivity index (χ3n) is 5.39. The molecule has 0 radical (unpaired) electrons. The van der Waals surface area contributed by atoms with E-state index >= 15 is 0 Å². The van der Waals surface area contributed by atoms with E-state index in [0.717, 1.165) is 27.8 Å². The molecule has 1 atom stereocenters. The van der Waals surface area contributed by atoms with Crippen LogP contribution in [0.4, 0.5) is 0 Å². The Labute approximate surface area is 180 Å². The third-order valence-corrected chi connectivity index (χ3v) is 5.39. The Morgan fingerprint density at radius 2 is 1.74 bits per heavy atom. The molecule has 0 saturated carbocycles. The van der Waals surface area contributed by atoms with Gasteiger partial charge in [-0.05, 0) is 47.5 Å². The summed E-state index contributed by atoms with van der Waals surface area (Å²) in [5.74, 6) is -0.134. The Hall–Kier alpha value is -4.06. The van der Waals surface area contributed by atoms with Gasteiger partial charge in [0.1, 0.15) is 5.75 Å². The van der Waals surface area contributed by atoms with Crippen LogP contribution in [0.25, 0.3) is 10.9 Å². The van der Waals surface area contributed by atoms with E-state index in [-0.39, 0.29) is 11.8 Å². The highest BCUT2D eigenvalue weighted by molar-refractivity contribution is 5.99. The molecule has 6 nitrogen and oxygen atoms in total. The number of methoxy groups -OCH3 is 1. The number of rotatable bonds is 7. The van der Waals surface area contributed by atoms with Crippen molar-refractivity contribution in [3.8, 4) is 5.75 Å². The van der Waals surface area contributed by atoms with Crippen LogP contribution in [0.1, 0.15) is 37.8 Å². The topological polar surface area (TPSA) is 97.2 Å². The number of H-pyrrole nitrogens is 1. The van der Waals surface area contributed by atoms with Crippen LogP contribution in [0.2, 0.25) is 0 Å². The van der Waals surface area contributed by atoms with Crippen LogP contribution < -0.4 is 15.8 Å². The molecule has 4 aromatic rings. The van der Waals surface area contributed by atoms with Crippen molar-refractivity contribution >= 4 is 22.7 Å². The zero-order valence-electron chi connectivity index (χ0n) is 17.1. The van der Waals surface area contributed by atoms with Gasteiger partial charge in [-0.1, -0.05) is 36.4 Å². The second kappa shape index (κ2) is 8.75. The molecular weight excluding hydrogens is 390 g/mol. The van der Waals surface area contributed by atoms with Crippen LogP contribution in [0.5, 0.6) is 5.75 Å². The van der Waals surface area contributed by atoms with E-state index in [0.29, 0.717) is 17.7 Å². The van der Waals surface area contributed by atoms with Gasteiger partial charge in [-0.3, -0.25) is 9.59 Å². The molecule has 0 aliphatic carbocycles. The summed E-state index contributed by atoms with van der Waals surface area (Å²) in [6, 6.07) is 22.3. The lowest BCUT2D eigenvalue weighted by molar-refractivity contribution is 0.0952. The van der Waals surface area contributed by atoms with Gasteiger partial charge in [0.15, 0.2) is 0 Å². The Kier molecular flexibility index (Phi) is 5.71. The smallest absolute Gasteiger partial charge is 0.251 e. The molecule has 2 amide bonds. The van der Waals surface area contributed by atoms with Gasteiger partial charge < -0.3 is 20.8 Å². The first kappa shape index (κ1) is 20.2. The molecule has 1 heterocycles. The first-order valence-electron chi connectivity index (χ1n) is 9.95. The number of carbonyl (C=O) groups excluding carboxylic acids is 2. The molecule has 0 aliphatic heterocycles. The van der Waals surface area contributed by atoms with Crippen LogP contribution in [-0.2, 0) is 0 Å². The molecule has 1 unspecified atom stereocenters. The van der Waals surface area contributed by atoms with Crippen molar-refractivity contribution < 1.29 is 14.3 Å². The maximum atomic E-state index is 12.8. The van der Waals surface area contributed by atoms with Gasteiger partial charge in [-0.25, -0.2) is 0 Å². The summed E-state index contributed by atoms with van der Waals surface area (Å²) in [6.45, 7) is 0.383. The predicted octanol–water partition coefficient (Wildman–Crippen LogP) is 3.84. The van der Waals surface area contributed by atoms with Gasteiger partial charge in [0.2, 0.25) is 5.91 Å². The molecule has 4 N–H and O–H groups in total. The van der Waals surface area contributed by atoms with Gasteiger partial charge in [0.05, 0.1) is 7.11 Å². The number of hydrogen-bond acceptors (Lipinski definition) is 3. The molecule has 0 bridgehead atoms. The summed E-state index contributed by atoms with van der Waals surface area (Å²) in [4.78, 5) is 27.5. The lowest BCUT2D eigenvalue weighted by Crippen LogP contribution is -2.29. The van der Waals surface area contributed by atoms with E-state index in [9.17, 15) is 9.59 Å². The van der Waals surface area contributed by atoms with Crippen molar-refractivity contribution in [3.05, 3.63) is 101 Å². The normalized spacial score (nSPS) is 11.8. The summed E-state index contributed by atoms with van der Waals surface area (Å²) in [5, 5.41) is 4.11. The van der Waals surface area contributed by atoms with Crippen LogP contribution in [0.3, 0.4) is 0 Å². The molecule has 4 rings (SSSR count). The molecule has 0 saturated heterocycles. The Morgan fingerprint density at radius 1 is 1.00 bits per heavy atom. The number of amides is 2. The highest BCUT2D eigenvalue weighted by Crippen LogP contribution is 2.31. The number of primary amides is 1. The van der Waals surface area contributed by atoms with Crippen molar-refractivity contribution in [1.29, 1.82) is 0 Å². The van der Waals surface area contributed by atoms with Crippen molar-refractivity contribution in [2.45, 2.75) is 5.92 Å². The van der Waals surface area contributed by atoms with E-state index < -0.39 is 5.91 Å². The fourth-order valence-electron chi connectivity index (χ4n) is 3.74. The van der Waals surface area contributed by atoms with Crippen molar-refractivity contribution in [3.63, 3.8) is 0 Å². The SMILES string of the molecule is COc1ccc(C(CNC(=O)c2cccc(C(N)=O)c2)c2c[nH]c3ccccc23)cc1. The van der Waals surface area contributed by atoms with Crippen molar-refractivity contribution in [2.75, 3.05) is 13.7 Å². The standard InChI is InChI=1S/C25H23N3O3/c1-31-19-11-9-16(10-12-19)21(22-15-27-23-8-3-2-7-20(22)23)14-28-25(30)18-6-4-5-17(13-18)24(26)29/h2-13,15,21,27H,14H2,1H3,(H2,26,29)(H,28,30). The molecule has 31 heavy (non-hydrogen) atoms. The maximum absolute atomic E-state index is 12.8. The second-order valence-electron chi connectivity index (χ2n) is 7.27. The number of hydrogen-bond donors (Lipinski definition) is 3. The van der Waals surface area contributed by atoms with Gasteiger partial charge in [-0.15, -0.1) is 0 Å². The zero-order chi connectivity index (χ0) is 21.8. The predicted molar refractivity (Wildman–Crippen MR) is 120 cm³/mol. The van der Waals surface area contributed by atoms with Crippen LogP contribution >= 0.6 is 0 Å². The van der Waals surface area contributed by atoms with Crippen LogP contribution in [0.15, 0.2) is 79.0 Å².